The van der Waals surface area contributed by atoms with Gasteiger partial charge in [0.2, 0.25) is 5.91 Å². The summed E-state index contributed by atoms with van der Waals surface area (Å²) in [5.74, 6) is 0.176. The van der Waals surface area contributed by atoms with Crippen LogP contribution in [0.5, 0.6) is 0 Å². The van der Waals surface area contributed by atoms with E-state index in [1.807, 2.05) is 17.3 Å². The highest BCUT2D eigenvalue weighted by Crippen LogP contribution is 2.19. The average Bonchev–Trinajstić information content (AvgIpc) is 3.02. The Bertz CT molecular complexity index is 513. The van der Waals surface area contributed by atoms with Crippen LogP contribution in [0.2, 0.25) is 0 Å². The summed E-state index contributed by atoms with van der Waals surface area (Å²) in [6.07, 6.45) is 6.48. The number of aliphatic hydroxyl groups is 1. The van der Waals surface area contributed by atoms with Crippen LogP contribution in [0.25, 0.3) is 0 Å². The van der Waals surface area contributed by atoms with E-state index in [1.165, 1.54) is 5.56 Å². The van der Waals surface area contributed by atoms with Crippen LogP contribution in [0.3, 0.4) is 0 Å². The van der Waals surface area contributed by atoms with Crippen molar-refractivity contribution in [2.24, 2.45) is 0 Å². The average molecular weight is 335 g/mol. The topological polar surface area (TPSA) is 75.7 Å². The lowest BCUT2D eigenvalue weighted by Gasteiger charge is -2.38. The van der Waals surface area contributed by atoms with Gasteiger partial charge in [-0.3, -0.25) is 19.7 Å². The number of H-pyrrole nitrogens is 1. The smallest absolute Gasteiger partial charge is 0.219 e. The molecule has 2 aliphatic rings. The number of nitrogens with zero attached hydrogens (tertiary/aromatic N) is 4. The van der Waals surface area contributed by atoms with Crippen LogP contribution in [-0.2, 0) is 11.2 Å². The molecule has 0 aliphatic carbocycles. The maximum atomic E-state index is 11.5. The van der Waals surface area contributed by atoms with Crippen molar-refractivity contribution in [2.45, 2.75) is 38.3 Å². The zero-order valence-electron chi connectivity index (χ0n) is 14.5. The van der Waals surface area contributed by atoms with Crippen LogP contribution < -0.4 is 0 Å². The van der Waals surface area contributed by atoms with Gasteiger partial charge in [0.15, 0.2) is 0 Å². The molecule has 24 heavy (non-hydrogen) atoms. The number of aromatic nitrogens is 2. The Hall–Kier alpha value is -1.44. The zero-order valence-corrected chi connectivity index (χ0v) is 14.5. The van der Waals surface area contributed by atoms with E-state index >= 15 is 0 Å². The number of carbonyl (C=O) groups excluding carboxylic acids is 1. The molecule has 0 radical (unpaired) electrons. The molecule has 1 atom stereocenters. The minimum absolute atomic E-state index is 0.176. The molecule has 2 aliphatic heterocycles. The number of hydrogen-bond acceptors (Lipinski definition) is 5. The fraction of sp³-hybridized carbons (Fsp3) is 0.765. The fourth-order valence-corrected chi connectivity index (χ4v) is 3.86. The van der Waals surface area contributed by atoms with E-state index in [0.29, 0.717) is 6.04 Å². The highest BCUT2D eigenvalue weighted by molar-refractivity contribution is 5.73. The number of hydrogen-bond donors (Lipinski definition) is 2. The molecule has 2 N–H and O–H groups in total. The van der Waals surface area contributed by atoms with Gasteiger partial charge in [-0.2, -0.15) is 5.10 Å². The van der Waals surface area contributed by atoms with Crippen molar-refractivity contribution in [3.63, 3.8) is 0 Å². The normalized spacial score (nSPS) is 24.9. The van der Waals surface area contributed by atoms with Crippen molar-refractivity contribution in [3.8, 4) is 0 Å². The molecule has 0 bridgehead atoms. The Morgan fingerprint density at radius 2 is 2.08 bits per heavy atom. The number of amides is 1. The lowest BCUT2D eigenvalue weighted by Crippen LogP contribution is -2.48. The first-order chi connectivity index (χ1) is 11.6. The molecule has 7 heteroatoms. The highest BCUT2D eigenvalue weighted by atomic mass is 16.3. The SMILES string of the molecule is CC(=O)N1CCC(N2CCN(CCc3cn[nH]c3)C[C@H](O)C2)CC1. The number of aliphatic hydroxyl groups excluding tert-OH is 1. The maximum absolute atomic E-state index is 11.5. The van der Waals surface area contributed by atoms with Crippen LogP contribution >= 0.6 is 0 Å². The lowest BCUT2D eigenvalue weighted by atomic mass is 10.0. The highest BCUT2D eigenvalue weighted by Gasteiger charge is 2.29. The zero-order chi connectivity index (χ0) is 16.9. The van der Waals surface area contributed by atoms with Crippen LogP contribution in [0.15, 0.2) is 12.4 Å². The summed E-state index contributed by atoms with van der Waals surface area (Å²) in [6.45, 7) is 7.75. The molecule has 0 aromatic carbocycles. The Balaban J connectivity index is 1.48. The predicted molar refractivity (Wildman–Crippen MR) is 91.6 cm³/mol. The molecular formula is C17H29N5O2. The standard InChI is InChI=1S/C17H29N5O2/c1-14(23)21-6-3-16(4-7-21)22-9-8-20(12-17(24)13-22)5-2-15-10-18-19-11-15/h10-11,16-17,24H,2-9,12-13H2,1H3,(H,18,19)/t17-/m0/s1. The monoisotopic (exact) mass is 335 g/mol. The Kier molecular flexibility index (Phi) is 5.86. The van der Waals surface area contributed by atoms with Crippen LogP contribution in [0.1, 0.15) is 25.3 Å². The van der Waals surface area contributed by atoms with Gasteiger partial charge >= 0.3 is 0 Å². The molecule has 2 saturated heterocycles. The first kappa shape index (κ1) is 17.4. The largest absolute Gasteiger partial charge is 0.390 e. The lowest BCUT2D eigenvalue weighted by molar-refractivity contribution is -0.130. The van der Waals surface area contributed by atoms with Gasteiger partial charge in [-0.1, -0.05) is 0 Å². The van der Waals surface area contributed by atoms with E-state index in [1.54, 1.807) is 6.92 Å². The molecule has 134 valence electrons. The minimum atomic E-state index is -0.303. The van der Waals surface area contributed by atoms with E-state index in [9.17, 15) is 9.90 Å². The van der Waals surface area contributed by atoms with Crippen molar-refractivity contribution in [3.05, 3.63) is 18.0 Å². The predicted octanol–water partition coefficient (Wildman–Crippen LogP) is -0.0584. The summed E-state index contributed by atoms with van der Waals surface area (Å²) in [5.41, 5.74) is 1.21. The first-order valence-electron chi connectivity index (χ1n) is 8.99. The number of piperidine rings is 1. The van der Waals surface area contributed by atoms with Crippen molar-refractivity contribution in [1.82, 2.24) is 24.9 Å². The Labute approximate surface area is 143 Å². The third-order valence-corrected chi connectivity index (χ3v) is 5.32. The minimum Gasteiger partial charge on any atom is -0.390 e. The number of rotatable bonds is 4. The Morgan fingerprint density at radius 1 is 1.29 bits per heavy atom. The molecule has 3 heterocycles. The van der Waals surface area contributed by atoms with E-state index < -0.39 is 0 Å². The quantitative estimate of drug-likeness (QED) is 0.806. The van der Waals surface area contributed by atoms with E-state index in [-0.39, 0.29) is 12.0 Å². The number of aromatic amines is 1. The molecule has 0 spiro atoms. The van der Waals surface area contributed by atoms with Gasteiger partial charge in [-0.05, 0) is 24.8 Å². The second-order valence-corrected chi connectivity index (χ2v) is 7.04. The number of β-amino-alcohol motifs (C(OH)–C–C–N with tert-alkyl or cyclic N) is 1. The van der Waals surface area contributed by atoms with E-state index in [2.05, 4.69) is 20.0 Å². The first-order valence-corrected chi connectivity index (χ1v) is 8.99. The van der Waals surface area contributed by atoms with Crippen molar-refractivity contribution in [2.75, 3.05) is 45.8 Å². The van der Waals surface area contributed by atoms with Gasteiger partial charge in [0.05, 0.1) is 12.3 Å². The second-order valence-electron chi connectivity index (χ2n) is 7.04. The molecule has 1 aromatic rings. The molecule has 0 saturated carbocycles. The van der Waals surface area contributed by atoms with Crippen LogP contribution in [0.4, 0.5) is 0 Å². The summed E-state index contributed by atoms with van der Waals surface area (Å²) in [5, 5.41) is 17.2. The van der Waals surface area contributed by atoms with E-state index in [4.69, 9.17) is 0 Å². The summed E-state index contributed by atoms with van der Waals surface area (Å²) in [7, 11) is 0. The fourth-order valence-electron chi connectivity index (χ4n) is 3.86. The van der Waals surface area contributed by atoms with E-state index in [0.717, 1.165) is 65.1 Å². The third-order valence-electron chi connectivity index (χ3n) is 5.32. The Morgan fingerprint density at radius 3 is 2.75 bits per heavy atom. The van der Waals surface area contributed by atoms with Crippen LogP contribution in [-0.4, -0.2) is 93.9 Å². The van der Waals surface area contributed by atoms with Crippen molar-refractivity contribution >= 4 is 5.91 Å². The molecule has 0 unspecified atom stereocenters. The summed E-state index contributed by atoms with van der Waals surface area (Å²) >= 11 is 0. The van der Waals surface area contributed by atoms with Gasteiger partial charge in [0.1, 0.15) is 0 Å². The van der Waals surface area contributed by atoms with Gasteiger partial charge < -0.3 is 10.0 Å². The molecule has 2 fully saturated rings. The molecule has 7 nitrogen and oxygen atoms in total. The van der Waals surface area contributed by atoms with Gasteiger partial charge in [-0.25, -0.2) is 0 Å². The van der Waals surface area contributed by atoms with Crippen molar-refractivity contribution in [1.29, 1.82) is 0 Å². The second kappa shape index (κ2) is 8.09. The maximum Gasteiger partial charge on any atom is 0.219 e. The summed E-state index contributed by atoms with van der Waals surface area (Å²) in [4.78, 5) is 18.2. The molecule has 3 rings (SSSR count). The van der Waals surface area contributed by atoms with Crippen LogP contribution in [0, 0.1) is 0 Å². The third kappa shape index (κ3) is 4.55. The van der Waals surface area contributed by atoms with Gasteiger partial charge in [-0.15, -0.1) is 0 Å². The number of likely N-dealkylation sites (tertiary alicyclic amines) is 1. The van der Waals surface area contributed by atoms with Crippen molar-refractivity contribution < 1.29 is 9.90 Å². The molecular weight excluding hydrogens is 306 g/mol. The number of nitrogens with one attached hydrogen (secondary N) is 1. The number of carbonyl (C=O) groups is 1. The van der Waals surface area contributed by atoms with Gasteiger partial charge in [0.25, 0.3) is 0 Å². The summed E-state index contributed by atoms with van der Waals surface area (Å²) in [6, 6.07) is 0.490. The molecule has 1 amide bonds. The summed E-state index contributed by atoms with van der Waals surface area (Å²) < 4.78 is 0. The van der Waals surface area contributed by atoms with Gasteiger partial charge in [0, 0.05) is 65.0 Å². The molecule has 1 aromatic heterocycles.